The van der Waals surface area contributed by atoms with Gasteiger partial charge in [-0.25, -0.2) is 4.98 Å². The van der Waals surface area contributed by atoms with Gasteiger partial charge in [0, 0.05) is 23.0 Å². The molecule has 1 heterocycles. The summed E-state index contributed by atoms with van der Waals surface area (Å²) in [5.41, 5.74) is 3.01. The summed E-state index contributed by atoms with van der Waals surface area (Å²) < 4.78 is 5.67. The van der Waals surface area contributed by atoms with Crippen LogP contribution in [0.3, 0.4) is 0 Å². The topological polar surface area (TPSA) is 25.4 Å². The fourth-order valence-electron chi connectivity index (χ4n) is 1.65. The van der Waals surface area contributed by atoms with E-state index in [0.717, 1.165) is 29.6 Å². The van der Waals surface area contributed by atoms with E-state index in [0.29, 0.717) is 6.61 Å². The van der Waals surface area contributed by atoms with Crippen molar-refractivity contribution in [2.75, 3.05) is 20.2 Å². The van der Waals surface area contributed by atoms with Crippen molar-refractivity contribution in [1.82, 2.24) is 9.88 Å². The van der Waals surface area contributed by atoms with E-state index in [1.807, 2.05) is 36.7 Å². The molecule has 0 radical (unpaired) electrons. The summed E-state index contributed by atoms with van der Waals surface area (Å²) in [4.78, 5) is 7.80. The van der Waals surface area contributed by atoms with Gasteiger partial charge in [0.2, 0.25) is 0 Å². The lowest BCUT2D eigenvalue weighted by Crippen LogP contribution is -2.23. The van der Waals surface area contributed by atoms with Crippen LogP contribution in [0.5, 0.6) is 5.75 Å². The number of aromatic nitrogens is 1. The summed E-state index contributed by atoms with van der Waals surface area (Å²) in [6.07, 6.45) is 0. The van der Waals surface area contributed by atoms with Gasteiger partial charge in [0.25, 0.3) is 0 Å². The molecule has 0 unspecified atom stereocenters. The van der Waals surface area contributed by atoms with Crippen LogP contribution in [0.15, 0.2) is 29.8 Å². The van der Waals surface area contributed by atoms with E-state index in [2.05, 4.69) is 16.9 Å². The second-order valence-electron chi connectivity index (χ2n) is 4.40. The second kappa shape index (κ2) is 6.89. The van der Waals surface area contributed by atoms with Crippen LogP contribution in [0.2, 0.25) is 5.02 Å². The van der Waals surface area contributed by atoms with E-state index in [1.54, 1.807) is 11.3 Å². The highest BCUT2D eigenvalue weighted by molar-refractivity contribution is 7.09. The Balaban J connectivity index is 1.73. The predicted octanol–water partition coefficient (Wildman–Crippen LogP) is 3.62. The molecule has 0 saturated heterocycles. The van der Waals surface area contributed by atoms with Crippen LogP contribution < -0.4 is 4.74 Å². The second-order valence-corrected chi connectivity index (χ2v) is 5.78. The van der Waals surface area contributed by atoms with Crippen molar-refractivity contribution < 1.29 is 4.74 Å². The van der Waals surface area contributed by atoms with Gasteiger partial charge >= 0.3 is 0 Å². The van der Waals surface area contributed by atoms with Crippen LogP contribution in [0.4, 0.5) is 0 Å². The molecule has 0 N–H and O–H groups in total. The number of benzene rings is 1. The van der Waals surface area contributed by atoms with Crippen LogP contribution in [0.25, 0.3) is 0 Å². The van der Waals surface area contributed by atoms with E-state index >= 15 is 0 Å². The number of thiazole rings is 1. The molecule has 19 heavy (non-hydrogen) atoms. The molecule has 3 nitrogen and oxygen atoms in total. The van der Waals surface area contributed by atoms with Crippen LogP contribution in [0.1, 0.15) is 10.6 Å². The average Bonchev–Trinajstić information content (AvgIpc) is 2.78. The zero-order chi connectivity index (χ0) is 13.7. The molecule has 2 aromatic rings. The molecule has 0 spiro atoms. The van der Waals surface area contributed by atoms with Gasteiger partial charge < -0.3 is 4.74 Å². The third-order valence-electron chi connectivity index (χ3n) is 2.81. The van der Waals surface area contributed by atoms with E-state index < -0.39 is 0 Å². The van der Waals surface area contributed by atoms with Crippen molar-refractivity contribution in [1.29, 1.82) is 0 Å². The van der Waals surface area contributed by atoms with Crippen molar-refractivity contribution in [2.24, 2.45) is 0 Å². The number of halogens is 1. The lowest BCUT2D eigenvalue weighted by Gasteiger charge is -2.16. The van der Waals surface area contributed by atoms with E-state index in [1.165, 1.54) is 4.88 Å². The lowest BCUT2D eigenvalue weighted by atomic mass is 10.3. The quantitative estimate of drug-likeness (QED) is 0.814. The summed E-state index contributed by atoms with van der Waals surface area (Å²) >= 11 is 7.52. The van der Waals surface area contributed by atoms with Gasteiger partial charge in [-0.2, -0.15) is 0 Å². The molecule has 0 atom stereocenters. The third kappa shape index (κ3) is 4.49. The van der Waals surface area contributed by atoms with E-state index in [9.17, 15) is 0 Å². The minimum Gasteiger partial charge on any atom is -0.492 e. The maximum Gasteiger partial charge on any atom is 0.119 e. The predicted molar refractivity (Wildman–Crippen MR) is 80.1 cm³/mol. The molecule has 0 amide bonds. The maximum atomic E-state index is 5.82. The Labute approximate surface area is 122 Å². The smallest absolute Gasteiger partial charge is 0.119 e. The Morgan fingerprint density at radius 2 is 2.05 bits per heavy atom. The molecule has 1 aromatic carbocycles. The van der Waals surface area contributed by atoms with Crippen LogP contribution in [0, 0.1) is 6.92 Å². The van der Waals surface area contributed by atoms with Crippen molar-refractivity contribution in [3.63, 3.8) is 0 Å². The Morgan fingerprint density at radius 3 is 2.68 bits per heavy atom. The SMILES string of the molecule is Cc1ncsc1CN(C)CCOc1ccc(Cl)cc1. The van der Waals surface area contributed by atoms with Crippen molar-refractivity contribution in [3.8, 4) is 5.75 Å². The van der Waals surface area contributed by atoms with Gasteiger partial charge in [0.05, 0.1) is 11.2 Å². The van der Waals surface area contributed by atoms with Gasteiger partial charge in [-0.05, 0) is 38.2 Å². The highest BCUT2D eigenvalue weighted by Crippen LogP contribution is 2.16. The molecule has 0 aliphatic rings. The third-order valence-corrected chi connectivity index (χ3v) is 3.99. The fraction of sp³-hybridized carbons (Fsp3) is 0.357. The van der Waals surface area contributed by atoms with Crippen LogP contribution in [-0.2, 0) is 6.54 Å². The van der Waals surface area contributed by atoms with Crippen molar-refractivity contribution in [3.05, 3.63) is 45.4 Å². The molecule has 0 saturated carbocycles. The lowest BCUT2D eigenvalue weighted by molar-refractivity contribution is 0.233. The monoisotopic (exact) mass is 296 g/mol. The standard InChI is InChI=1S/C14H17ClN2OS/c1-11-14(19-10-16-11)9-17(2)7-8-18-13-5-3-12(15)4-6-13/h3-6,10H,7-9H2,1-2H3. The molecule has 0 fully saturated rings. The number of aryl methyl sites for hydroxylation is 1. The minimum absolute atomic E-state index is 0.663. The summed E-state index contributed by atoms with van der Waals surface area (Å²) in [6.45, 7) is 4.50. The maximum absolute atomic E-state index is 5.82. The summed E-state index contributed by atoms with van der Waals surface area (Å²) in [6, 6.07) is 7.44. The van der Waals surface area contributed by atoms with Crippen molar-refractivity contribution in [2.45, 2.75) is 13.5 Å². The average molecular weight is 297 g/mol. The number of hydrogen-bond acceptors (Lipinski definition) is 4. The summed E-state index contributed by atoms with van der Waals surface area (Å²) in [7, 11) is 2.09. The number of hydrogen-bond donors (Lipinski definition) is 0. The molecule has 2 rings (SSSR count). The van der Waals surface area contributed by atoms with E-state index in [-0.39, 0.29) is 0 Å². The van der Waals surface area contributed by atoms with E-state index in [4.69, 9.17) is 16.3 Å². The van der Waals surface area contributed by atoms with Gasteiger partial charge in [-0.3, -0.25) is 4.90 Å². The first-order chi connectivity index (χ1) is 9.15. The van der Waals surface area contributed by atoms with Crippen molar-refractivity contribution >= 4 is 22.9 Å². The first-order valence-corrected chi connectivity index (χ1v) is 7.37. The molecule has 0 aliphatic carbocycles. The van der Waals surface area contributed by atoms with Gasteiger partial charge in [-0.1, -0.05) is 11.6 Å². The molecule has 102 valence electrons. The fourth-order valence-corrected chi connectivity index (χ4v) is 2.63. The first kappa shape index (κ1) is 14.3. The summed E-state index contributed by atoms with van der Waals surface area (Å²) in [5, 5.41) is 0.727. The molecular formula is C14H17ClN2OS. The Kier molecular flexibility index (Phi) is 5.19. The largest absolute Gasteiger partial charge is 0.492 e. The molecule has 5 heteroatoms. The Morgan fingerprint density at radius 1 is 1.32 bits per heavy atom. The number of ether oxygens (including phenoxy) is 1. The van der Waals surface area contributed by atoms with Gasteiger partial charge in [0.15, 0.2) is 0 Å². The minimum atomic E-state index is 0.663. The van der Waals surface area contributed by atoms with Crippen LogP contribution in [-0.4, -0.2) is 30.1 Å². The number of nitrogens with zero attached hydrogens (tertiary/aromatic N) is 2. The first-order valence-electron chi connectivity index (χ1n) is 6.11. The van der Waals surface area contributed by atoms with Gasteiger partial charge in [-0.15, -0.1) is 11.3 Å². The Bertz CT molecular complexity index is 512. The highest BCUT2D eigenvalue weighted by atomic mass is 35.5. The normalized spacial score (nSPS) is 10.9. The summed E-state index contributed by atoms with van der Waals surface area (Å²) in [5.74, 6) is 0.853. The molecule has 0 bridgehead atoms. The molecular weight excluding hydrogens is 280 g/mol. The van der Waals surface area contributed by atoms with Gasteiger partial charge in [0.1, 0.15) is 12.4 Å². The zero-order valence-corrected chi connectivity index (χ0v) is 12.7. The van der Waals surface area contributed by atoms with Crippen LogP contribution >= 0.6 is 22.9 Å². The molecule has 1 aromatic heterocycles. The number of rotatable bonds is 6. The zero-order valence-electron chi connectivity index (χ0n) is 11.1. The molecule has 0 aliphatic heterocycles. The Hall–Kier alpha value is -1.10. The number of likely N-dealkylation sites (N-methyl/N-ethyl adjacent to an activating group) is 1. The highest BCUT2D eigenvalue weighted by Gasteiger charge is 2.05.